The lowest BCUT2D eigenvalue weighted by molar-refractivity contribution is -0.645. The monoisotopic (exact) mass is 564 g/mol. The first-order valence-electron chi connectivity index (χ1n) is 12.4. The Hall–Kier alpha value is -3.41. The first-order chi connectivity index (χ1) is 18.9. The number of aromatic nitrogens is 1. The van der Waals surface area contributed by atoms with Crippen LogP contribution in [0.25, 0.3) is 0 Å². The molecule has 2 N–H and O–H groups in total. The van der Waals surface area contributed by atoms with Crippen molar-refractivity contribution in [2.24, 2.45) is 0 Å². The van der Waals surface area contributed by atoms with Crippen LogP contribution < -0.4 is 9.45 Å². The molecule has 0 saturated carbocycles. The first-order valence-corrected chi connectivity index (χ1v) is 14.9. The fraction of sp³-hybridized carbons (Fsp3) is 0.207. The maximum Gasteiger partial charge on any atom is 0.261 e. The first kappa shape index (κ1) is 27.2. The molecule has 2 heterocycles. The van der Waals surface area contributed by atoms with Crippen LogP contribution in [0.4, 0.5) is 5.69 Å². The van der Waals surface area contributed by atoms with Crippen molar-refractivity contribution in [1.29, 1.82) is 0 Å². The van der Waals surface area contributed by atoms with Crippen LogP contribution in [0.1, 0.15) is 35.5 Å². The number of benzene rings is 3. The predicted molar refractivity (Wildman–Crippen MR) is 148 cm³/mol. The van der Waals surface area contributed by atoms with Crippen LogP contribution in [-0.4, -0.2) is 25.4 Å². The highest BCUT2D eigenvalue weighted by atomic mass is 32.2. The van der Waals surface area contributed by atoms with Gasteiger partial charge < -0.3 is 19.8 Å². The van der Waals surface area contributed by atoms with Crippen LogP contribution in [0.5, 0.6) is 0 Å². The van der Waals surface area contributed by atoms with Gasteiger partial charge in [0, 0.05) is 35.6 Å². The number of nitrogens with zero attached hydrogens (tertiary/aromatic N) is 1. The summed E-state index contributed by atoms with van der Waals surface area (Å²) < 4.78 is 41.9. The van der Waals surface area contributed by atoms with Crippen LogP contribution in [0.2, 0.25) is 0 Å². The summed E-state index contributed by atoms with van der Waals surface area (Å²) in [6, 6.07) is 28.0. The van der Waals surface area contributed by atoms with E-state index in [1.807, 2.05) is 36.4 Å². The van der Waals surface area contributed by atoms with Gasteiger partial charge >= 0.3 is 0 Å². The van der Waals surface area contributed by atoms with Crippen molar-refractivity contribution in [3.63, 3.8) is 0 Å². The number of aliphatic hydroxyl groups excluding tert-OH is 1. The van der Waals surface area contributed by atoms with Gasteiger partial charge in [-0.2, -0.15) is 4.73 Å². The zero-order chi connectivity index (χ0) is 27.2. The van der Waals surface area contributed by atoms with Crippen molar-refractivity contribution < 1.29 is 27.7 Å². The number of sulfonamides is 1. The molecule has 4 aromatic rings. The molecule has 1 aliphatic heterocycles. The SMILES string of the molecule is O=S(=O)(Nc1cccc(C2O[C@H](CSc3cccc[n+]3[O-])C[C@H](c3ccc(CO)cc3)O2)c1)c1ccccc1. The second kappa shape index (κ2) is 12.2. The maximum atomic E-state index is 12.9. The zero-order valence-electron chi connectivity index (χ0n) is 20.9. The summed E-state index contributed by atoms with van der Waals surface area (Å²) in [5.74, 6) is 0.525. The summed E-state index contributed by atoms with van der Waals surface area (Å²) in [5.41, 5.74) is 2.79. The number of nitrogens with one attached hydrogen (secondary N) is 1. The number of anilines is 1. The van der Waals surface area contributed by atoms with Gasteiger partial charge in [0.05, 0.1) is 23.7 Å². The Morgan fingerprint density at radius 1 is 0.923 bits per heavy atom. The summed E-state index contributed by atoms with van der Waals surface area (Å²) in [4.78, 5) is 0.167. The number of pyridine rings is 1. The summed E-state index contributed by atoms with van der Waals surface area (Å²) in [6.07, 6.45) is 0.712. The number of aliphatic hydroxyl groups is 1. The van der Waals surface area contributed by atoms with E-state index in [1.165, 1.54) is 30.1 Å². The molecule has 3 aromatic carbocycles. The third kappa shape index (κ3) is 6.78. The molecule has 1 unspecified atom stereocenters. The van der Waals surface area contributed by atoms with E-state index in [2.05, 4.69) is 4.72 Å². The van der Waals surface area contributed by atoms with Crippen LogP contribution in [-0.2, 0) is 26.1 Å². The van der Waals surface area contributed by atoms with E-state index >= 15 is 0 Å². The minimum atomic E-state index is -3.76. The molecule has 1 fully saturated rings. The molecule has 0 amide bonds. The molecular weight excluding hydrogens is 536 g/mol. The lowest BCUT2D eigenvalue weighted by Crippen LogP contribution is -2.32. The third-order valence-electron chi connectivity index (χ3n) is 6.29. The fourth-order valence-electron chi connectivity index (χ4n) is 4.29. The molecule has 202 valence electrons. The molecular formula is C29H28N2O6S2. The molecule has 1 aromatic heterocycles. The highest BCUT2D eigenvalue weighted by molar-refractivity contribution is 7.99. The minimum absolute atomic E-state index is 0.0469. The number of ether oxygens (including phenoxy) is 2. The molecule has 10 heteroatoms. The van der Waals surface area contributed by atoms with E-state index in [0.29, 0.717) is 28.5 Å². The average molecular weight is 565 g/mol. The van der Waals surface area contributed by atoms with Crippen LogP contribution in [0, 0.1) is 5.21 Å². The third-order valence-corrected chi connectivity index (χ3v) is 8.83. The Kier molecular flexibility index (Phi) is 8.49. The molecule has 0 aliphatic carbocycles. The second-order valence-electron chi connectivity index (χ2n) is 9.07. The standard InChI is InChI=1S/C29H28N2O6S2/c32-19-21-12-14-22(15-13-21)27-18-25(20-38-28-11-4-5-16-31(28)33)36-29(37-27)23-7-6-8-24(17-23)30-39(34,35)26-9-2-1-3-10-26/h1-17,25,27,29-30,32H,18-20H2/t25-,27+,29?/m0/s1. The van der Waals surface area contributed by atoms with Crippen molar-refractivity contribution in [1.82, 2.24) is 0 Å². The van der Waals surface area contributed by atoms with Crippen LogP contribution in [0.15, 0.2) is 113 Å². The van der Waals surface area contributed by atoms with Crippen LogP contribution in [0.3, 0.4) is 0 Å². The van der Waals surface area contributed by atoms with Gasteiger partial charge in [0.15, 0.2) is 12.5 Å². The second-order valence-corrected chi connectivity index (χ2v) is 11.8. The summed E-state index contributed by atoms with van der Waals surface area (Å²) in [7, 11) is -3.76. The number of hydrogen-bond donors (Lipinski definition) is 2. The van der Waals surface area contributed by atoms with Gasteiger partial charge in [-0.25, -0.2) is 8.42 Å². The lowest BCUT2D eigenvalue weighted by Gasteiger charge is -2.36. The summed E-state index contributed by atoms with van der Waals surface area (Å²) in [5, 5.41) is 22.1. The van der Waals surface area contributed by atoms with E-state index in [4.69, 9.17) is 9.47 Å². The molecule has 0 radical (unpaired) electrons. The zero-order valence-corrected chi connectivity index (χ0v) is 22.6. The largest absolute Gasteiger partial charge is 0.618 e. The smallest absolute Gasteiger partial charge is 0.261 e. The summed E-state index contributed by atoms with van der Waals surface area (Å²) in [6.45, 7) is -0.0469. The molecule has 3 atom stereocenters. The molecule has 8 nitrogen and oxygen atoms in total. The summed E-state index contributed by atoms with van der Waals surface area (Å²) >= 11 is 1.41. The van der Waals surface area contributed by atoms with E-state index in [9.17, 15) is 18.7 Å². The van der Waals surface area contributed by atoms with Gasteiger partial charge in [-0.1, -0.05) is 66.4 Å². The van der Waals surface area contributed by atoms with Crippen molar-refractivity contribution >= 4 is 27.5 Å². The van der Waals surface area contributed by atoms with Gasteiger partial charge in [-0.15, -0.1) is 0 Å². The van der Waals surface area contributed by atoms with Crippen LogP contribution >= 0.6 is 11.8 Å². The topological polar surface area (TPSA) is 112 Å². The Balaban J connectivity index is 1.38. The van der Waals surface area contributed by atoms with Gasteiger partial charge in [0.25, 0.3) is 15.0 Å². The van der Waals surface area contributed by atoms with E-state index in [-0.39, 0.29) is 23.7 Å². The van der Waals surface area contributed by atoms with Crippen molar-refractivity contribution in [3.05, 3.63) is 125 Å². The molecule has 39 heavy (non-hydrogen) atoms. The highest BCUT2D eigenvalue weighted by Gasteiger charge is 2.33. The van der Waals surface area contributed by atoms with Crippen molar-refractivity contribution in [3.8, 4) is 0 Å². The van der Waals surface area contributed by atoms with E-state index in [0.717, 1.165) is 15.9 Å². The maximum absolute atomic E-state index is 12.9. The predicted octanol–water partition coefficient (Wildman–Crippen LogP) is 4.95. The average Bonchev–Trinajstić information content (AvgIpc) is 2.97. The Morgan fingerprint density at radius 2 is 1.69 bits per heavy atom. The molecule has 1 saturated heterocycles. The highest BCUT2D eigenvalue weighted by Crippen LogP contribution is 2.39. The Labute approximate surface area is 231 Å². The van der Waals surface area contributed by atoms with Crippen molar-refractivity contribution in [2.75, 3.05) is 10.5 Å². The van der Waals surface area contributed by atoms with E-state index < -0.39 is 16.3 Å². The van der Waals surface area contributed by atoms with Gasteiger partial charge in [-0.05, 0) is 41.5 Å². The van der Waals surface area contributed by atoms with E-state index in [1.54, 1.807) is 48.5 Å². The number of thioether (sulfide) groups is 1. The Morgan fingerprint density at radius 3 is 2.44 bits per heavy atom. The van der Waals surface area contributed by atoms with Crippen molar-refractivity contribution in [2.45, 2.75) is 41.4 Å². The molecule has 1 aliphatic rings. The molecule has 0 spiro atoms. The van der Waals surface area contributed by atoms with Gasteiger partial charge in [0.2, 0.25) is 0 Å². The molecule has 0 bridgehead atoms. The molecule has 5 rings (SSSR count). The number of hydrogen-bond acceptors (Lipinski definition) is 7. The fourth-order valence-corrected chi connectivity index (χ4v) is 6.29. The van der Waals surface area contributed by atoms with Gasteiger partial charge in [0.1, 0.15) is 0 Å². The Bertz CT molecular complexity index is 1500. The minimum Gasteiger partial charge on any atom is -0.618 e. The quantitative estimate of drug-likeness (QED) is 0.168. The normalized spacial score (nSPS) is 19.5. The lowest BCUT2D eigenvalue weighted by atomic mass is 10.0. The van der Waals surface area contributed by atoms with Gasteiger partial charge in [-0.3, -0.25) is 4.72 Å². The number of rotatable bonds is 9.